The topological polar surface area (TPSA) is 24.9 Å². The van der Waals surface area contributed by atoms with E-state index in [2.05, 4.69) is 22.4 Å². The largest absolute Gasteiger partial charge is 0.388 e. The first kappa shape index (κ1) is 8.30. The van der Waals surface area contributed by atoms with Gasteiger partial charge in [-0.15, -0.1) is 0 Å². The van der Waals surface area contributed by atoms with E-state index in [1.165, 1.54) is 30.5 Å². The summed E-state index contributed by atoms with van der Waals surface area (Å²) in [5, 5.41) is 3.40. The Morgan fingerprint density at radius 2 is 2.38 bits per heavy atom. The molecular weight excluding hydrogens is 160 g/mol. The van der Waals surface area contributed by atoms with E-state index in [9.17, 15) is 0 Å². The zero-order valence-corrected chi connectivity index (χ0v) is 7.66. The standard InChI is InChI=1S/C11H14N2/c1-2-7-13-11(5-1)8-10-4-3-6-12-9-10/h3-4,6,8-9,13H,1-2,5,7H2. The summed E-state index contributed by atoms with van der Waals surface area (Å²) in [6.45, 7) is 1.12. The van der Waals surface area contributed by atoms with Gasteiger partial charge in [-0.3, -0.25) is 4.98 Å². The molecule has 2 heterocycles. The third kappa shape index (κ3) is 2.31. The van der Waals surface area contributed by atoms with E-state index in [1.54, 1.807) is 6.20 Å². The molecule has 0 atom stereocenters. The minimum Gasteiger partial charge on any atom is -0.388 e. The Balaban J connectivity index is 2.10. The maximum absolute atomic E-state index is 4.08. The van der Waals surface area contributed by atoms with Crippen molar-refractivity contribution in [2.75, 3.05) is 6.54 Å². The summed E-state index contributed by atoms with van der Waals surface area (Å²) in [6, 6.07) is 4.05. The van der Waals surface area contributed by atoms with E-state index >= 15 is 0 Å². The number of nitrogens with zero attached hydrogens (tertiary/aromatic N) is 1. The molecule has 2 heteroatoms. The van der Waals surface area contributed by atoms with Crippen LogP contribution in [0.3, 0.4) is 0 Å². The minimum atomic E-state index is 1.12. The van der Waals surface area contributed by atoms with Crippen LogP contribution in [0.4, 0.5) is 0 Å². The van der Waals surface area contributed by atoms with Gasteiger partial charge in [0.2, 0.25) is 0 Å². The molecule has 0 spiro atoms. The molecule has 1 aliphatic rings. The molecule has 2 rings (SSSR count). The molecule has 1 saturated heterocycles. The molecule has 13 heavy (non-hydrogen) atoms. The first-order valence-electron chi connectivity index (χ1n) is 4.79. The second-order valence-corrected chi connectivity index (χ2v) is 3.34. The van der Waals surface area contributed by atoms with Gasteiger partial charge in [0.05, 0.1) is 0 Å². The average Bonchev–Trinajstić information content (AvgIpc) is 2.21. The van der Waals surface area contributed by atoms with Crippen LogP contribution in [-0.4, -0.2) is 11.5 Å². The second-order valence-electron chi connectivity index (χ2n) is 3.34. The lowest BCUT2D eigenvalue weighted by atomic mass is 10.1. The highest BCUT2D eigenvalue weighted by molar-refractivity contribution is 5.51. The Labute approximate surface area is 78.7 Å². The third-order valence-electron chi connectivity index (χ3n) is 2.25. The average molecular weight is 174 g/mol. The van der Waals surface area contributed by atoms with Crippen molar-refractivity contribution >= 4 is 6.08 Å². The van der Waals surface area contributed by atoms with Gasteiger partial charge in [0.25, 0.3) is 0 Å². The highest BCUT2D eigenvalue weighted by atomic mass is 14.9. The lowest BCUT2D eigenvalue weighted by Crippen LogP contribution is -2.19. The summed E-state index contributed by atoms with van der Waals surface area (Å²) in [5.74, 6) is 0. The number of nitrogens with one attached hydrogen (secondary N) is 1. The van der Waals surface area contributed by atoms with E-state index in [0.29, 0.717) is 0 Å². The lowest BCUT2D eigenvalue weighted by Gasteiger charge is -2.16. The van der Waals surface area contributed by atoms with Gasteiger partial charge in [-0.1, -0.05) is 6.07 Å². The highest BCUT2D eigenvalue weighted by Gasteiger charge is 2.02. The predicted molar refractivity (Wildman–Crippen MR) is 54.1 cm³/mol. The molecule has 0 aromatic carbocycles. The zero-order chi connectivity index (χ0) is 8.93. The number of piperidine rings is 1. The van der Waals surface area contributed by atoms with Crippen molar-refractivity contribution in [1.29, 1.82) is 0 Å². The number of aromatic nitrogens is 1. The Hall–Kier alpha value is -1.31. The van der Waals surface area contributed by atoms with Crippen LogP contribution in [0.2, 0.25) is 0 Å². The molecule has 1 aliphatic heterocycles. The normalized spacial score (nSPS) is 19.8. The van der Waals surface area contributed by atoms with E-state index in [0.717, 1.165) is 6.54 Å². The van der Waals surface area contributed by atoms with Crippen LogP contribution in [0, 0.1) is 0 Å². The van der Waals surface area contributed by atoms with E-state index in [4.69, 9.17) is 0 Å². The van der Waals surface area contributed by atoms with Gasteiger partial charge in [-0.25, -0.2) is 0 Å². The summed E-state index contributed by atoms with van der Waals surface area (Å²) in [7, 11) is 0. The zero-order valence-electron chi connectivity index (χ0n) is 7.66. The molecule has 0 radical (unpaired) electrons. The first-order valence-corrected chi connectivity index (χ1v) is 4.79. The van der Waals surface area contributed by atoms with Gasteiger partial charge in [0, 0.05) is 24.6 Å². The first-order chi connectivity index (χ1) is 6.45. The summed E-state index contributed by atoms with van der Waals surface area (Å²) in [6.07, 6.45) is 9.66. The van der Waals surface area contributed by atoms with Crippen molar-refractivity contribution in [3.05, 3.63) is 35.8 Å². The van der Waals surface area contributed by atoms with Gasteiger partial charge in [0.15, 0.2) is 0 Å². The number of hydrogen-bond acceptors (Lipinski definition) is 2. The van der Waals surface area contributed by atoms with E-state index in [1.807, 2.05) is 12.3 Å². The molecule has 0 unspecified atom stereocenters. The van der Waals surface area contributed by atoms with Crippen molar-refractivity contribution in [2.24, 2.45) is 0 Å². The molecule has 1 fully saturated rings. The number of allylic oxidation sites excluding steroid dienone is 1. The van der Waals surface area contributed by atoms with Crippen molar-refractivity contribution in [3.63, 3.8) is 0 Å². The molecule has 0 bridgehead atoms. The molecular formula is C11H14N2. The maximum atomic E-state index is 4.08. The number of rotatable bonds is 1. The smallest absolute Gasteiger partial charge is 0.0340 e. The van der Waals surface area contributed by atoms with Crippen LogP contribution >= 0.6 is 0 Å². The molecule has 2 nitrogen and oxygen atoms in total. The van der Waals surface area contributed by atoms with Gasteiger partial charge in [-0.05, 0) is 37.0 Å². The van der Waals surface area contributed by atoms with Gasteiger partial charge in [-0.2, -0.15) is 0 Å². The van der Waals surface area contributed by atoms with Crippen LogP contribution in [0.15, 0.2) is 30.2 Å². The molecule has 0 aliphatic carbocycles. The van der Waals surface area contributed by atoms with Crippen molar-refractivity contribution in [3.8, 4) is 0 Å². The monoisotopic (exact) mass is 174 g/mol. The fraction of sp³-hybridized carbons (Fsp3) is 0.364. The fourth-order valence-corrected chi connectivity index (χ4v) is 1.56. The van der Waals surface area contributed by atoms with Crippen LogP contribution < -0.4 is 5.32 Å². The van der Waals surface area contributed by atoms with E-state index < -0.39 is 0 Å². The number of pyridine rings is 1. The van der Waals surface area contributed by atoms with Gasteiger partial charge >= 0.3 is 0 Å². The summed E-state index contributed by atoms with van der Waals surface area (Å²) in [4.78, 5) is 4.08. The summed E-state index contributed by atoms with van der Waals surface area (Å²) >= 11 is 0. The van der Waals surface area contributed by atoms with Crippen molar-refractivity contribution < 1.29 is 0 Å². The molecule has 0 amide bonds. The molecule has 1 aromatic heterocycles. The van der Waals surface area contributed by atoms with Crippen molar-refractivity contribution in [1.82, 2.24) is 10.3 Å². The Morgan fingerprint density at radius 1 is 1.38 bits per heavy atom. The lowest BCUT2D eigenvalue weighted by molar-refractivity contribution is 0.592. The number of hydrogen-bond donors (Lipinski definition) is 1. The predicted octanol–water partition coefficient (Wildman–Crippen LogP) is 2.20. The Morgan fingerprint density at radius 3 is 3.08 bits per heavy atom. The van der Waals surface area contributed by atoms with E-state index in [-0.39, 0.29) is 0 Å². The fourth-order valence-electron chi connectivity index (χ4n) is 1.56. The van der Waals surface area contributed by atoms with Crippen LogP contribution in [0.5, 0.6) is 0 Å². The maximum Gasteiger partial charge on any atom is 0.0340 e. The van der Waals surface area contributed by atoms with Crippen LogP contribution in [0.1, 0.15) is 24.8 Å². The Kier molecular flexibility index (Phi) is 2.60. The van der Waals surface area contributed by atoms with Gasteiger partial charge < -0.3 is 5.32 Å². The summed E-state index contributed by atoms with van der Waals surface area (Å²) < 4.78 is 0. The highest BCUT2D eigenvalue weighted by Crippen LogP contribution is 2.13. The molecule has 68 valence electrons. The van der Waals surface area contributed by atoms with Crippen LogP contribution in [0.25, 0.3) is 6.08 Å². The SMILES string of the molecule is C(=C1CCCCN1)c1cccnc1. The molecule has 0 saturated carbocycles. The molecule has 1 N–H and O–H groups in total. The van der Waals surface area contributed by atoms with Crippen molar-refractivity contribution in [2.45, 2.75) is 19.3 Å². The third-order valence-corrected chi connectivity index (χ3v) is 2.25. The Bertz CT molecular complexity index is 282. The molecule has 1 aromatic rings. The minimum absolute atomic E-state index is 1.12. The van der Waals surface area contributed by atoms with Gasteiger partial charge in [0.1, 0.15) is 0 Å². The quantitative estimate of drug-likeness (QED) is 0.706. The van der Waals surface area contributed by atoms with Crippen LogP contribution in [-0.2, 0) is 0 Å². The summed E-state index contributed by atoms with van der Waals surface area (Å²) in [5.41, 5.74) is 2.53. The second kappa shape index (κ2) is 4.08.